The summed E-state index contributed by atoms with van der Waals surface area (Å²) in [6.07, 6.45) is 2.26. The van der Waals surface area contributed by atoms with Crippen molar-refractivity contribution in [1.82, 2.24) is 15.4 Å². The number of amides is 3. The summed E-state index contributed by atoms with van der Waals surface area (Å²) in [6, 6.07) is 13.1. The molecule has 0 radical (unpaired) electrons. The van der Waals surface area contributed by atoms with Crippen LogP contribution in [0, 0.1) is 0 Å². The highest BCUT2D eigenvalue weighted by molar-refractivity contribution is 8.76. The van der Waals surface area contributed by atoms with E-state index in [4.69, 9.17) is 0 Å². The molecular weight excluding hydrogens is 554 g/mol. The number of carbonyl (C=O) groups is 4. The molecular formula is C24H26N3O8S3-. The number of carbonyl (C=O) groups excluding carboxylic acids is 4. The van der Waals surface area contributed by atoms with Crippen LogP contribution in [0.2, 0.25) is 0 Å². The third-order valence-electron chi connectivity index (χ3n) is 5.50. The lowest BCUT2D eigenvalue weighted by Crippen LogP contribution is -2.36. The van der Waals surface area contributed by atoms with Crippen LogP contribution >= 0.6 is 21.6 Å². The number of hydrogen-bond donors (Lipinski definition) is 1. The number of unbranched alkanes of at least 4 members (excludes halogenated alkanes) is 2. The molecule has 0 saturated carbocycles. The molecule has 1 aromatic heterocycles. The zero-order chi connectivity index (χ0) is 27.7. The van der Waals surface area contributed by atoms with Crippen LogP contribution in [0.3, 0.4) is 0 Å². The number of pyridine rings is 1. The summed E-state index contributed by atoms with van der Waals surface area (Å²) in [5.74, 6) is -3.52. The first-order valence-corrected chi connectivity index (χ1v) is 15.4. The Kier molecular flexibility index (Phi) is 10.7. The molecule has 2 heterocycles. The van der Waals surface area contributed by atoms with E-state index in [-0.39, 0.29) is 22.6 Å². The number of nitrogens with zero attached hydrogens (tertiary/aromatic N) is 2. The minimum Gasteiger partial charge on any atom is -0.747 e. The van der Waals surface area contributed by atoms with E-state index in [9.17, 15) is 32.1 Å². The van der Waals surface area contributed by atoms with E-state index >= 15 is 0 Å². The first-order valence-electron chi connectivity index (χ1n) is 11.7. The predicted octanol–water partition coefficient (Wildman–Crippen LogP) is 3.00. The molecule has 2 aromatic rings. The van der Waals surface area contributed by atoms with E-state index in [0.29, 0.717) is 31.4 Å². The maximum atomic E-state index is 12.4. The van der Waals surface area contributed by atoms with Gasteiger partial charge >= 0.3 is 5.97 Å². The van der Waals surface area contributed by atoms with Gasteiger partial charge in [0.2, 0.25) is 0 Å². The molecule has 1 aliphatic rings. The van der Waals surface area contributed by atoms with Crippen LogP contribution in [-0.2, 0) is 29.3 Å². The van der Waals surface area contributed by atoms with Crippen LogP contribution in [-0.4, -0.2) is 58.5 Å². The van der Waals surface area contributed by atoms with Crippen LogP contribution in [0.25, 0.3) is 0 Å². The number of benzene rings is 1. The molecule has 2 atom stereocenters. The Morgan fingerprint density at radius 3 is 2.53 bits per heavy atom. The van der Waals surface area contributed by atoms with Gasteiger partial charge in [0, 0.05) is 30.0 Å². The molecule has 14 heteroatoms. The van der Waals surface area contributed by atoms with Crippen molar-refractivity contribution >= 4 is 55.4 Å². The number of aromatic nitrogens is 1. The van der Waals surface area contributed by atoms with Crippen LogP contribution in [0.15, 0.2) is 53.7 Å². The fourth-order valence-corrected chi connectivity index (χ4v) is 6.20. The summed E-state index contributed by atoms with van der Waals surface area (Å²) in [7, 11) is -1.75. The maximum Gasteiger partial charge on any atom is 0.333 e. The fourth-order valence-electron chi connectivity index (χ4n) is 3.41. The molecule has 1 aliphatic heterocycles. The van der Waals surface area contributed by atoms with Gasteiger partial charge < -0.3 is 14.7 Å². The summed E-state index contributed by atoms with van der Waals surface area (Å²) in [6.45, 7) is 2.47. The number of hydrogen-bond acceptors (Lipinski definition) is 11. The molecule has 11 nitrogen and oxygen atoms in total. The van der Waals surface area contributed by atoms with Crippen LogP contribution < -0.4 is 5.32 Å². The zero-order valence-corrected chi connectivity index (χ0v) is 22.9. The van der Waals surface area contributed by atoms with Crippen LogP contribution in [0.5, 0.6) is 0 Å². The topological polar surface area (TPSA) is 163 Å². The Bertz CT molecular complexity index is 1260. The highest BCUT2D eigenvalue weighted by Crippen LogP contribution is 2.41. The van der Waals surface area contributed by atoms with Crippen molar-refractivity contribution in [3.8, 4) is 0 Å². The molecule has 38 heavy (non-hydrogen) atoms. The average molecular weight is 581 g/mol. The lowest BCUT2D eigenvalue weighted by atomic mass is 10.1. The van der Waals surface area contributed by atoms with Crippen molar-refractivity contribution in [2.45, 2.75) is 54.6 Å². The van der Waals surface area contributed by atoms with E-state index in [2.05, 4.69) is 22.1 Å². The van der Waals surface area contributed by atoms with E-state index < -0.39 is 39.6 Å². The van der Waals surface area contributed by atoms with Gasteiger partial charge in [0.05, 0.1) is 6.42 Å². The molecule has 2 unspecified atom stereocenters. The van der Waals surface area contributed by atoms with Crippen molar-refractivity contribution in [3.63, 3.8) is 0 Å². The lowest BCUT2D eigenvalue weighted by Gasteiger charge is -2.15. The molecule has 1 N–H and O–H groups in total. The molecule has 204 valence electrons. The van der Waals surface area contributed by atoms with Gasteiger partial charge in [-0.15, -0.1) is 5.06 Å². The Labute approximate surface area is 228 Å². The Morgan fingerprint density at radius 1 is 1.16 bits per heavy atom. The number of rotatable bonds is 13. The van der Waals surface area contributed by atoms with Gasteiger partial charge in [-0.25, -0.2) is 18.2 Å². The van der Waals surface area contributed by atoms with Crippen molar-refractivity contribution in [2.75, 3.05) is 6.54 Å². The quantitative estimate of drug-likeness (QED) is 0.160. The molecule has 1 fully saturated rings. The highest BCUT2D eigenvalue weighted by atomic mass is 33.1. The Hall–Kier alpha value is -2.94. The maximum absolute atomic E-state index is 12.4. The second-order valence-corrected chi connectivity index (χ2v) is 12.5. The Morgan fingerprint density at radius 2 is 1.89 bits per heavy atom. The zero-order valence-electron chi connectivity index (χ0n) is 20.4. The van der Waals surface area contributed by atoms with Gasteiger partial charge in [-0.1, -0.05) is 35.4 Å². The molecule has 0 bridgehead atoms. The molecule has 3 rings (SSSR count). The number of nitrogens with one attached hydrogen (secondary N) is 1. The van der Waals surface area contributed by atoms with Gasteiger partial charge in [-0.2, -0.15) is 0 Å². The first kappa shape index (κ1) is 29.6. The van der Waals surface area contributed by atoms with Crippen LogP contribution in [0.1, 0.15) is 60.2 Å². The predicted molar refractivity (Wildman–Crippen MR) is 139 cm³/mol. The van der Waals surface area contributed by atoms with Crippen molar-refractivity contribution in [2.24, 2.45) is 0 Å². The summed E-state index contributed by atoms with van der Waals surface area (Å²) in [5.41, 5.74) is 1.62. The largest absolute Gasteiger partial charge is 0.747 e. The standard InChI is InChI=1S/C24H27N3O8S3/c1-16(36-37-20-7-4-6-13-25-20)17-9-11-18(12-10-17)23(30)26-14-5-2-3-8-22(29)35-27-21(28)15-19(24(27)31)38(32,33)34/h4,6-7,9-13,16,19H,2-3,5,8,14-15H2,1H3,(H,26,30)(H,32,33,34)/p-1. The number of hydroxylamine groups is 2. The van der Waals surface area contributed by atoms with Crippen molar-refractivity contribution in [1.29, 1.82) is 0 Å². The monoisotopic (exact) mass is 580 g/mol. The van der Waals surface area contributed by atoms with Gasteiger partial charge in [0.15, 0.2) is 0 Å². The summed E-state index contributed by atoms with van der Waals surface area (Å²) in [4.78, 5) is 56.7. The summed E-state index contributed by atoms with van der Waals surface area (Å²) < 4.78 is 33.0. The van der Waals surface area contributed by atoms with Gasteiger partial charge in [0.25, 0.3) is 17.7 Å². The fraction of sp³-hybridized carbons (Fsp3) is 0.375. The van der Waals surface area contributed by atoms with E-state index in [1.807, 2.05) is 30.3 Å². The van der Waals surface area contributed by atoms with E-state index in [1.54, 1.807) is 39.9 Å². The van der Waals surface area contributed by atoms with E-state index in [1.165, 1.54) is 0 Å². The average Bonchev–Trinajstić information content (AvgIpc) is 3.18. The molecule has 0 spiro atoms. The third-order valence-corrected chi connectivity index (χ3v) is 9.31. The van der Waals surface area contributed by atoms with Crippen molar-refractivity contribution in [3.05, 3.63) is 59.8 Å². The second kappa shape index (κ2) is 13.7. The third kappa shape index (κ3) is 8.55. The minimum absolute atomic E-state index is 0.0483. The van der Waals surface area contributed by atoms with Gasteiger partial charge in [0.1, 0.15) is 20.4 Å². The normalized spacial score (nSPS) is 16.4. The first-order chi connectivity index (χ1) is 18.1. The highest BCUT2D eigenvalue weighted by Gasteiger charge is 2.45. The molecule has 0 aliphatic carbocycles. The van der Waals surface area contributed by atoms with Gasteiger partial charge in [-0.05, 0) is 60.4 Å². The minimum atomic E-state index is -5.02. The summed E-state index contributed by atoms with van der Waals surface area (Å²) >= 11 is 0. The van der Waals surface area contributed by atoms with E-state index in [0.717, 1.165) is 10.6 Å². The van der Waals surface area contributed by atoms with Crippen LogP contribution in [0.4, 0.5) is 0 Å². The molecule has 1 saturated heterocycles. The second-order valence-electron chi connectivity index (χ2n) is 8.35. The number of imide groups is 1. The van der Waals surface area contributed by atoms with Crippen molar-refractivity contribution < 1.29 is 37.0 Å². The Balaban J connectivity index is 1.31. The lowest BCUT2D eigenvalue weighted by molar-refractivity contribution is -0.197. The SMILES string of the molecule is CC(SSc1ccccn1)c1ccc(C(=O)NCCCCCC(=O)ON2C(=O)CC(S(=O)(=O)[O-])C2=O)cc1. The summed E-state index contributed by atoms with van der Waals surface area (Å²) in [5, 5.41) is 1.93. The van der Waals surface area contributed by atoms with Gasteiger partial charge in [-0.3, -0.25) is 14.4 Å². The smallest absolute Gasteiger partial charge is 0.333 e. The molecule has 3 amide bonds. The molecule has 1 aromatic carbocycles.